The fraction of sp³-hybridized carbons (Fsp3) is 0.316. The lowest BCUT2D eigenvalue weighted by Gasteiger charge is -2.16. The molecular formula is C19H21BrN2O4S. The molecule has 1 atom stereocenters. The molecule has 0 radical (unpaired) electrons. The molecule has 0 aliphatic heterocycles. The van der Waals surface area contributed by atoms with E-state index in [1.54, 1.807) is 19.2 Å². The Kier molecular flexibility index (Phi) is 5.88. The van der Waals surface area contributed by atoms with Gasteiger partial charge in [-0.1, -0.05) is 12.1 Å². The van der Waals surface area contributed by atoms with Gasteiger partial charge in [0.25, 0.3) is 5.91 Å². The second-order valence-corrected chi connectivity index (χ2v) is 9.08. The highest BCUT2D eigenvalue weighted by Crippen LogP contribution is 2.28. The molecule has 2 aromatic rings. The minimum Gasteiger partial charge on any atom is -0.496 e. The number of carbonyl (C=O) groups is 1. The van der Waals surface area contributed by atoms with Crippen molar-refractivity contribution in [3.8, 4) is 5.75 Å². The average Bonchev–Trinajstić information content (AvgIpc) is 3.45. The van der Waals surface area contributed by atoms with Crippen molar-refractivity contribution in [2.45, 2.75) is 36.7 Å². The molecule has 1 aliphatic carbocycles. The highest BCUT2D eigenvalue weighted by Gasteiger charge is 2.28. The van der Waals surface area contributed by atoms with Crippen LogP contribution in [0.25, 0.3) is 0 Å². The van der Waals surface area contributed by atoms with Crippen molar-refractivity contribution in [2.75, 3.05) is 7.11 Å². The zero-order valence-corrected chi connectivity index (χ0v) is 17.4. The molecule has 27 heavy (non-hydrogen) atoms. The summed E-state index contributed by atoms with van der Waals surface area (Å²) in [6.45, 7) is 1.86. The number of methoxy groups -OCH3 is 1. The van der Waals surface area contributed by atoms with Crippen LogP contribution < -0.4 is 14.8 Å². The minimum absolute atomic E-state index is 0.0148. The van der Waals surface area contributed by atoms with Crippen molar-refractivity contribution < 1.29 is 17.9 Å². The van der Waals surface area contributed by atoms with Crippen LogP contribution in [0, 0.1) is 0 Å². The first kappa shape index (κ1) is 19.9. The summed E-state index contributed by atoms with van der Waals surface area (Å²) < 4.78 is 33.3. The second-order valence-electron chi connectivity index (χ2n) is 6.51. The second kappa shape index (κ2) is 8.00. The topological polar surface area (TPSA) is 84.5 Å². The van der Waals surface area contributed by atoms with E-state index in [9.17, 15) is 13.2 Å². The van der Waals surface area contributed by atoms with Gasteiger partial charge >= 0.3 is 0 Å². The number of rotatable bonds is 7. The maximum Gasteiger partial charge on any atom is 0.251 e. The van der Waals surface area contributed by atoms with Crippen molar-refractivity contribution in [2.24, 2.45) is 0 Å². The summed E-state index contributed by atoms with van der Waals surface area (Å²) >= 11 is 3.43. The number of hydrogen-bond acceptors (Lipinski definition) is 4. The van der Waals surface area contributed by atoms with Crippen molar-refractivity contribution in [3.05, 3.63) is 58.1 Å². The van der Waals surface area contributed by atoms with Crippen molar-refractivity contribution in [3.63, 3.8) is 0 Å². The quantitative estimate of drug-likeness (QED) is 0.673. The Hall–Kier alpha value is -1.90. The number of ether oxygens (including phenoxy) is 1. The summed E-state index contributed by atoms with van der Waals surface area (Å²) in [4.78, 5) is 12.7. The van der Waals surface area contributed by atoms with E-state index in [4.69, 9.17) is 4.74 Å². The van der Waals surface area contributed by atoms with E-state index < -0.39 is 10.0 Å². The van der Waals surface area contributed by atoms with Crippen molar-refractivity contribution >= 4 is 31.9 Å². The van der Waals surface area contributed by atoms with Crippen LogP contribution in [-0.4, -0.2) is 27.5 Å². The standard InChI is InChI=1S/C19H21BrN2O4S/c1-12(13-6-9-18(26-2)17(20)11-13)21-19(23)14-4-3-5-16(10-14)27(24,25)22-15-7-8-15/h3-6,9-12,15,22H,7-8H2,1-2H3,(H,21,23). The zero-order chi connectivity index (χ0) is 19.6. The lowest BCUT2D eigenvalue weighted by atomic mass is 10.1. The molecule has 0 spiro atoms. The van der Waals surface area contributed by atoms with Crippen LogP contribution in [0.1, 0.15) is 41.7 Å². The number of hydrogen-bond donors (Lipinski definition) is 2. The Morgan fingerprint density at radius 2 is 1.96 bits per heavy atom. The van der Waals surface area contributed by atoms with Crippen LogP contribution in [-0.2, 0) is 10.0 Å². The number of sulfonamides is 1. The smallest absolute Gasteiger partial charge is 0.251 e. The molecule has 1 fully saturated rings. The summed E-state index contributed by atoms with van der Waals surface area (Å²) in [5, 5.41) is 2.89. The lowest BCUT2D eigenvalue weighted by molar-refractivity contribution is 0.0939. The first-order valence-corrected chi connectivity index (χ1v) is 10.8. The first-order chi connectivity index (χ1) is 12.8. The van der Waals surface area contributed by atoms with E-state index in [0.29, 0.717) is 11.3 Å². The Balaban J connectivity index is 1.74. The van der Waals surface area contributed by atoms with E-state index in [-0.39, 0.29) is 22.9 Å². The van der Waals surface area contributed by atoms with Gasteiger partial charge in [0.15, 0.2) is 0 Å². The highest BCUT2D eigenvalue weighted by atomic mass is 79.9. The van der Waals surface area contributed by atoms with E-state index >= 15 is 0 Å². The summed E-state index contributed by atoms with van der Waals surface area (Å²) in [6.07, 6.45) is 1.71. The SMILES string of the molecule is COc1ccc(C(C)NC(=O)c2cccc(S(=O)(=O)NC3CC3)c2)cc1Br. The van der Waals surface area contributed by atoms with Gasteiger partial charge in [-0.3, -0.25) is 4.79 Å². The van der Waals surface area contributed by atoms with Crippen LogP contribution in [0.4, 0.5) is 0 Å². The maximum absolute atomic E-state index is 12.6. The third-order valence-electron chi connectivity index (χ3n) is 4.33. The van der Waals surface area contributed by atoms with E-state index in [1.165, 1.54) is 12.1 Å². The molecule has 8 heteroatoms. The van der Waals surface area contributed by atoms with E-state index in [2.05, 4.69) is 26.0 Å². The Bertz CT molecular complexity index is 958. The van der Waals surface area contributed by atoms with Gasteiger partial charge in [-0.15, -0.1) is 0 Å². The molecule has 0 aromatic heterocycles. The molecule has 1 amide bonds. The predicted molar refractivity (Wildman–Crippen MR) is 106 cm³/mol. The van der Waals surface area contributed by atoms with Gasteiger partial charge in [0.2, 0.25) is 10.0 Å². The van der Waals surface area contributed by atoms with Gasteiger partial charge in [0, 0.05) is 11.6 Å². The van der Waals surface area contributed by atoms with Crippen molar-refractivity contribution in [1.82, 2.24) is 10.0 Å². The van der Waals surface area contributed by atoms with Crippen LogP contribution in [0.5, 0.6) is 5.75 Å². The van der Waals surface area contributed by atoms with Gasteiger partial charge in [0.1, 0.15) is 5.75 Å². The van der Waals surface area contributed by atoms with Gasteiger partial charge in [0.05, 0.1) is 22.5 Å². The van der Waals surface area contributed by atoms with Crippen LogP contribution in [0.2, 0.25) is 0 Å². The molecule has 3 rings (SSSR count). The number of amides is 1. The largest absolute Gasteiger partial charge is 0.496 e. The monoisotopic (exact) mass is 452 g/mol. The van der Waals surface area contributed by atoms with Crippen LogP contribution >= 0.6 is 15.9 Å². The fourth-order valence-electron chi connectivity index (χ4n) is 2.61. The fourth-order valence-corrected chi connectivity index (χ4v) is 4.52. The zero-order valence-electron chi connectivity index (χ0n) is 15.0. The first-order valence-electron chi connectivity index (χ1n) is 8.57. The van der Waals surface area contributed by atoms with Gasteiger partial charge in [-0.2, -0.15) is 0 Å². The van der Waals surface area contributed by atoms with E-state index in [1.807, 2.05) is 25.1 Å². The van der Waals surface area contributed by atoms with E-state index in [0.717, 1.165) is 22.9 Å². The summed E-state index contributed by atoms with van der Waals surface area (Å²) in [7, 11) is -2.01. The number of halogens is 1. The Labute approximate surface area is 167 Å². The highest BCUT2D eigenvalue weighted by molar-refractivity contribution is 9.10. The van der Waals surface area contributed by atoms with Crippen LogP contribution in [0.15, 0.2) is 51.8 Å². The molecular weight excluding hydrogens is 432 g/mol. The maximum atomic E-state index is 12.6. The summed E-state index contributed by atoms with van der Waals surface area (Å²) in [5.74, 6) is 0.372. The Morgan fingerprint density at radius 3 is 2.59 bits per heavy atom. The molecule has 0 saturated heterocycles. The van der Waals surface area contributed by atoms with Crippen molar-refractivity contribution in [1.29, 1.82) is 0 Å². The molecule has 2 aromatic carbocycles. The van der Waals surface area contributed by atoms with Gasteiger partial charge in [-0.05, 0) is 71.6 Å². The normalized spacial score (nSPS) is 15.2. The third kappa shape index (κ3) is 4.88. The van der Waals surface area contributed by atoms with Gasteiger partial charge < -0.3 is 10.1 Å². The number of benzene rings is 2. The number of nitrogens with one attached hydrogen (secondary N) is 2. The summed E-state index contributed by atoms with van der Waals surface area (Å²) in [5.41, 5.74) is 1.20. The van der Waals surface area contributed by atoms with Gasteiger partial charge in [-0.25, -0.2) is 13.1 Å². The molecule has 1 aliphatic rings. The minimum atomic E-state index is -3.60. The van der Waals surface area contributed by atoms with Crippen LogP contribution in [0.3, 0.4) is 0 Å². The Morgan fingerprint density at radius 1 is 1.22 bits per heavy atom. The molecule has 144 valence electrons. The molecule has 6 nitrogen and oxygen atoms in total. The molecule has 0 heterocycles. The molecule has 1 unspecified atom stereocenters. The molecule has 2 N–H and O–H groups in total. The predicted octanol–water partition coefficient (Wildman–Crippen LogP) is 3.39. The average molecular weight is 453 g/mol. The lowest BCUT2D eigenvalue weighted by Crippen LogP contribution is -2.28. The molecule has 0 bridgehead atoms. The summed E-state index contributed by atoms with van der Waals surface area (Å²) in [6, 6.07) is 11.4. The molecule has 1 saturated carbocycles. The third-order valence-corrected chi connectivity index (χ3v) is 6.47. The number of carbonyl (C=O) groups excluding carboxylic acids is 1.